The minimum Gasteiger partial charge on any atom is -0.467 e. The summed E-state index contributed by atoms with van der Waals surface area (Å²) in [5, 5.41) is 1.03. The number of methoxy groups -OCH3 is 1. The molecule has 0 aliphatic rings. The van der Waals surface area contributed by atoms with Crippen LogP contribution < -0.4 is 0 Å². The quantitative estimate of drug-likeness (QED) is 0.385. The maximum absolute atomic E-state index is 10.5. The number of hydrogen-bond acceptors (Lipinski definition) is 3. The van der Waals surface area contributed by atoms with Crippen LogP contribution in [0.3, 0.4) is 0 Å². The van der Waals surface area contributed by atoms with Crippen LogP contribution in [-0.4, -0.2) is 31.6 Å². The van der Waals surface area contributed by atoms with E-state index in [9.17, 15) is 4.79 Å². The summed E-state index contributed by atoms with van der Waals surface area (Å²) in [6.07, 6.45) is 3.29. The van der Waals surface area contributed by atoms with E-state index in [1.807, 2.05) is 0 Å². The van der Waals surface area contributed by atoms with Crippen LogP contribution in [0.25, 0.3) is 0 Å². The van der Waals surface area contributed by atoms with E-state index >= 15 is 0 Å². The number of esters is 1. The highest BCUT2D eigenvalue weighted by molar-refractivity contribution is 9.09. The van der Waals surface area contributed by atoms with Crippen molar-refractivity contribution in [3.05, 3.63) is 0 Å². The summed E-state index contributed by atoms with van der Waals surface area (Å²) in [4.78, 5) is 10.5. The zero-order chi connectivity index (χ0) is 9.23. The van der Waals surface area contributed by atoms with Crippen molar-refractivity contribution in [3.63, 3.8) is 0 Å². The van der Waals surface area contributed by atoms with Gasteiger partial charge in [0.2, 0.25) is 0 Å². The highest BCUT2D eigenvalue weighted by Gasteiger charge is 1.98. The first-order valence-electron chi connectivity index (χ1n) is 4.01. The lowest BCUT2D eigenvalue weighted by molar-refractivity contribution is -0.145. The monoisotopic (exact) mass is 238 g/mol. The van der Waals surface area contributed by atoms with Crippen molar-refractivity contribution in [1.82, 2.24) is 0 Å². The summed E-state index contributed by atoms with van der Waals surface area (Å²) in [5.41, 5.74) is 0. The Morgan fingerprint density at radius 3 is 2.67 bits per heavy atom. The van der Waals surface area contributed by atoms with Crippen LogP contribution in [0.4, 0.5) is 0 Å². The topological polar surface area (TPSA) is 35.5 Å². The lowest BCUT2D eigenvalue weighted by atomic mass is 10.3. The van der Waals surface area contributed by atoms with Crippen molar-refractivity contribution < 1.29 is 14.3 Å². The molecule has 0 saturated carbocycles. The van der Waals surface area contributed by atoms with Crippen molar-refractivity contribution >= 4 is 21.9 Å². The summed E-state index contributed by atoms with van der Waals surface area (Å²) >= 11 is 3.34. The first kappa shape index (κ1) is 11.9. The number of carbonyl (C=O) groups excluding carboxylic acids is 1. The molecular formula is C8H15BrO3. The molecule has 0 bridgehead atoms. The molecule has 0 spiro atoms. The average Bonchev–Trinajstić information content (AvgIpc) is 2.10. The standard InChI is InChI=1S/C8H15BrO3/c1-11-8(10)7-12-6-4-2-3-5-9/h2-7H2,1H3. The number of ether oxygens (including phenoxy) is 2. The van der Waals surface area contributed by atoms with Gasteiger partial charge in [0.05, 0.1) is 7.11 Å². The molecule has 0 fully saturated rings. The maximum atomic E-state index is 10.5. The van der Waals surface area contributed by atoms with Gasteiger partial charge in [-0.25, -0.2) is 4.79 Å². The van der Waals surface area contributed by atoms with Gasteiger partial charge >= 0.3 is 5.97 Å². The van der Waals surface area contributed by atoms with E-state index in [-0.39, 0.29) is 12.6 Å². The fourth-order valence-electron chi connectivity index (χ4n) is 0.690. The van der Waals surface area contributed by atoms with Gasteiger partial charge in [-0.15, -0.1) is 0 Å². The minimum absolute atomic E-state index is 0.0742. The second-order valence-electron chi connectivity index (χ2n) is 2.38. The molecule has 0 aliphatic heterocycles. The molecule has 0 rings (SSSR count). The van der Waals surface area contributed by atoms with E-state index in [0.29, 0.717) is 6.61 Å². The molecule has 4 heteroatoms. The smallest absolute Gasteiger partial charge is 0.331 e. The largest absolute Gasteiger partial charge is 0.467 e. The Kier molecular flexibility index (Phi) is 8.93. The Labute approximate surface area is 81.6 Å². The summed E-state index contributed by atoms with van der Waals surface area (Å²) in [6.45, 7) is 0.715. The van der Waals surface area contributed by atoms with Crippen LogP contribution in [0.1, 0.15) is 19.3 Å². The van der Waals surface area contributed by atoms with E-state index in [2.05, 4.69) is 20.7 Å². The van der Waals surface area contributed by atoms with E-state index in [0.717, 1.165) is 24.6 Å². The molecule has 72 valence electrons. The zero-order valence-electron chi connectivity index (χ0n) is 7.35. The molecular weight excluding hydrogens is 224 g/mol. The summed E-state index contributed by atoms with van der Waals surface area (Å²) in [6, 6.07) is 0. The lowest BCUT2D eigenvalue weighted by Crippen LogP contribution is -2.10. The van der Waals surface area contributed by atoms with E-state index in [1.54, 1.807) is 0 Å². The van der Waals surface area contributed by atoms with Crippen LogP contribution >= 0.6 is 15.9 Å². The molecule has 0 saturated heterocycles. The number of unbranched alkanes of at least 4 members (excludes halogenated alkanes) is 2. The molecule has 0 atom stereocenters. The normalized spacial score (nSPS) is 9.83. The van der Waals surface area contributed by atoms with E-state index < -0.39 is 0 Å². The number of hydrogen-bond donors (Lipinski definition) is 0. The van der Waals surface area contributed by atoms with Gasteiger partial charge in [-0.2, -0.15) is 0 Å². The van der Waals surface area contributed by atoms with Crippen LogP contribution in [0.2, 0.25) is 0 Å². The van der Waals surface area contributed by atoms with Gasteiger partial charge in [-0.1, -0.05) is 22.4 Å². The van der Waals surface area contributed by atoms with Crippen LogP contribution in [0.5, 0.6) is 0 Å². The molecule has 0 radical (unpaired) electrons. The van der Waals surface area contributed by atoms with Gasteiger partial charge in [0.15, 0.2) is 0 Å². The highest BCUT2D eigenvalue weighted by Crippen LogP contribution is 1.98. The van der Waals surface area contributed by atoms with Crippen LogP contribution in [0.15, 0.2) is 0 Å². The molecule has 3 nitrogen and oxygen atoms in total. The molecule has 0 aromatic rings. The van der Waals surface area contributed by atoms with Gasteiger partial charge in [-0.3, -0.25) is 0 Å². The van der Waals surface area contributed by atoms with E-state index in [1.165, 1.54) is 7.11 Å². The summed E-state index contributed by atoms with van der Waals surface area (Å²) in [7, 11) is 1.36. The molecule has 0 aliphatic carbocycles. The molecule has 0 aromatic heterocycles. The van der Waals surface area contributed by atoms with Crippen molar-refractivity contribution in [3.8, 4) is 0 Å². The number of carbonyl (C=O) groups is 1. The number of halogens is 1. The van der Waals surface area contributed by atoms with Gasteiger partial charge in [0.25, 0.3) is 0 Å². The highest BCUT2D eigenvalue weighted by atomic mass is 79.9. The fraction of sp³-hybridized carbons (Fsp3) is 0.875. The Morgan fingerprint density at radius 2 is 2.08 bits per heavy atom. The first-order chi connectivity index (χ1) is 5.81. The third kappa shape index (κ3) is 8.01. The molecule has 0 aromatic carbocycles. The Hall–Kier alpha value is -0.0900. The summed E-state index contributed by atoms with van der Waals surface area (Å²) < 4.78 is 9.45. The first-order valence-corrected chi connectivity index (χ1v) is 5.14. The molecule has 0 N–H and O–H groups in total. The second kappa shape index (κ2) is 9.00. The van der Waals surface area contributed by atoms with Crippen LogP contribution in [0, 0.1) is 0 Å². The minimum atomic E-state index is -0.310. The Morgan fingerprint density at radius 1 is 1.33 bits per heavy atom. The molecule has 0 heterocycles. The van der Waals surface area contributed by atoms with Crippen molar-refractivity contribution in [2.24, 2.45) is 0 Å². The molecule has 0 amide bonds. The Balaban J connectivity index is 2.95. The Bertz CT molecular complexity index is 117. The zero-order valence-corrected chi connectivity index (χ0v) is 8.93. The fourth-order valence-corrected chi connectivity index (χ4v) is 1.09. The van der Waals surface area contributed by atoms with Crippen molar-refractivity contribution in [1.29, 1.82) is 0 Å². The van der Waals surface area contributed by atoms with E-state index in [4.69, 9.17) is 4.74 Å². The predicted octanol–water partition coefficient (Wildman–Crippen LogP) is 1.74. The molecule has 12 heavy (non-hydrogen) atoms. The van der Waals surface area contributed by atoms with Gasteiger partial charge in [-0.05, 0) is 12.8 Å². The summed E-state index contributed by atoms with van der Waals surface area (Å²) in [5.74, 6) is -0.310. The van der Waals surface area contributed by atoms with Crippen LogP contribution in [-0.2, 0) is 14.3 Å². The SMILES string of the molecule is COC(=O)COCCCCCBr. The second-order valence-corrected chi connectivity index (χ2v) is 3.17. The van der Waals surface area contributed by atoms with Gasteiger partial charge < -0.3 is 9.47 Å². The molecule has 0 unspecified atom stereocenters. The number of rotatable bonds is 7. The van der Waals surface area contributed by atoms with Crippen molar-refractivity contribution in [2.75, 3.05) is 25.7 Å². The average molecular weight is 239 g/mol. The predicted molar refractivity (Wildman–Crippen MR) is 50.5 cm³/mol. The maximum Gasteiger partial charge on any atom is 0.331 e. The third-order valence-corrected chi connectivity index (χ3v) is 1.93. The number of alkyl halides is 1. The third-order valence-electron chi connectivity index (χ3n) is 1.37. The van der Waals surface area contributed by atoms with Gasteiger partial charge in [0.1, 0.15) is 6.61 Å². The lowest BCUT2D eigenvalue weighted by Gasteiger charge is -2.01. The van der Waals surface area contributed by atoms with Gasteiger partial charge in [0, 0.05) is 11.9 Å². The van der Waals surface area contributed by atoms with Crippen molar-refractivity contribution in [2.45, 2.75) is 19.3 Å².